The van der Waals surface area contributed by atoms with Crippen LogP contribution in [0.1, 0.15) is 49.5 Å². The molecule has 0 aromatic carbocycles. The predicted octanol–water partition coefficient (Wildman–Crippen LogP) is 5.10. The quantitative estimate of drug-likeness (QED) is 0.712. The second kappa shape index (κ2) is 5.59. The average Bonchev–Trinajstić information content (AvgIpc) is 2.62. The highest BCUT2D eigenvalue weighted by Crippen LogP contribution is 2.35. The molecule has 1 atom stereocenters. The van der Waals surface area contributed by atoms with Gasteiger partial charge in [-0.3, -0.25) is 0 Å². The molecule has 1 heterocycles. The number of rotatable bonds is 3. The molecule has 0 bridgehead atoms. The molecular weight excluding hydrogens is 232 g/mol. The molecule has 1 aromatic rings. The lowest BCUT2D eigenvalue weighted by Gasteiger charge is -2.27. The van der Waals surface area contributed by atoms with Crippen LogP contribution in [0.25, 0.3) is 0 Å². The molecule has 2 heteroatoms. The number of hydrogen-bond donors (Lipinski definition) is 1. The number of aryl methyl sites for hydroxylation is 1. The molecule has 0 amide bonds. The van der Waals surface area contributed by atoms with E-state index in [1.54, 1.807) is 0 Å². The Morgan fingerprint density at radius 2 is 2.06 bits per heavy atom. The summed E-state index contributed by atoms with van der Waals surface area (Å²) in [5.41, 5.74) is 1.35. The predicted molar refractivity (Wildman–Crippen MR) is 75.8 cm³/mol. The lowest BCUT2D eigenvalue weighted by atomic mass is 9.79. The van der Waals surface area contributed by atoms with Gasteiger partial charge in [0, 0.05) is 9.77 Å². The fraction of sp³-hybridized carbons (Fsp3) is 0.714. The average molecular weight is 254 g/mol. The first kappa shape index (κ1) is 12.5. The van der Waals surface area contributed by atoms with Gasteiger partial charge >= 0.3 is 0 Å². The number of hydrogen-bond acceptors (Lipinski definition) is 2. The molecule has 90 valence electrons. The minimum absolute atomic E-state index is 0.837. The van der Waals surface area contributed by atoms with Crippen LogP contribution >= 0.6 is 24.0 Å². The van der Waals surface area contributed by atoms with E-state index in [0.717, 1.165) is 11.8 Å². The van der Waals surface area contributed by atoms with Crippen molar-refractivity contribution in [1.82, 2.24) is 0 Å². The third-order valence-corrected chi connectivity index (χ3v) is 5.88. The summed E-state index contributed by atoms with van der Waals surface area (Å²) < 4.78 is 0. The molecule has 0 aliphatic heterocycles. The minimum atomic E-state index is 0.837. The lowest BCUT2D eigenvalue weighted by Crippen LogP contribution is -2.17. The van der Waals surface area contributed by atoms with Gasteiger partial charge in [-0.1, -0.05) is 39.0 Å². The van der Waals surface area contributed by atoms with Crippen molar-refractivity contribution in [2.45, 2.75) is 57.3 Å². The van der Waals surface area contributed by atoms with Gasteiger partial charge in [0.05, 0.1) is 0 Å². The molecule has 1 saturated carbocycles. The zero-order chi connectivity index (χ0) is 11.5. The second-order valence-corrected chi connectivity index (χ2v) is 6.68. The Hall–Kier alpha value is 0.0500. The van der Waals surface area contributed by atoms with Crippen molar-refractivity contribution in [3.05, 3.63) is 15.8 Å². The van der Waals surface area contributed by atoms with Gasteiger partial charge in [0.2, 0.25) is 0 Å². The van der Waals surface area contributed by atoms with E-state index in [1.165, 1.54) is 53.9 Å². The first-order valence-electron chi connectivity index (χ1n) is 6.44. The largest absolute Gasteiger partial charge is 0.147 e. The summed E-state index contributed by atoms with van der Waals surface area (Å²) in [4.78, 5) is 2.74. The molecule has 0 radical (unpaired) electrons. The highest BCUT2D eigenvalue weighted by Gasteiger charge is 2.21. The summed E-state index contributed by atoms with van der Waals surface area (Å²) in [6.07, 6.45) is 8.50. The van der Waals surface area contributed by atoms with Crippen molar-refractivity contribution in [2.75, 3.05) is 0 Å². The molecular formula is C14H22S2. The van der Waals surface area contributed by atoms with Crippen LogP contribution in [-0.2, 0) is 6.42 Å². The molecule has 0 N–H and O–H groups in total. The Morgan fingerprint density at radius 3 is 2.62 bits per heavy atom. The molecule has 0 nitrogen and oxygen atoms in total. The fourth-order valence-electron chi connectivity index (χ4n) is 2.80. The van der Waals surface area contributed by atoms with Crippen LogP contribution in [0.2, 0.25) is 0 Å². The first-order valence-corrected chi connectivity index (χ1v) is 7.77. The van der Waals surface area contributed by atoms with Crippen LogP contribution in [0.4, 0.5) is 0 Å². The molecule has 0 saturated heterocycles. The maximum atomic E-state index is 4.61. The van der Waals surface area contributed by atoms with Crippen molar-refractivity contribution in [3.8, 4) is 0 Å². The monoisotopic (exact) mass is 254 g/mol. The van der Waals surface area contributed by atoms with Crippen LogP contribution in [-0.4, -0.2) is 0 Å². The van der Waals surface area contributed by atoms with Gasteiger partial charge in [-0.2, -0.15) is 0 Å². The van der Waals surface area contributed by atoms with Crippen molar-refractivity contribution in [1.29, 1.82) is 0 Å². The third kappa shape index (κ3) is 2.84. The van der Waals surface area contributed by atoms with E-state index < -0.39 is 0 Å². The van der Waals surface area contributed by atoms with E-state index in [4.69, 9.17) is 0 Å². The Labute approximate surface area is 109 Å². The van der Waals surface area contributed by atoms with Crippen LogP contribution in [0.5, 0.6) is 0 Å². The Balaban J connectivity index is 1.95. The molecule has 2 rings (SSSR count). The Bertz CT molecular complexity index is 335. The Kier molecular flexibility index (Phi) is 4.37. The summed E-state index contributed by atoms with van der Waals surface area (Å²) in [6, 6.07) is 0. The van der Waals surface area contributed by atoms with E-state index in [-0.39, 0.29) is 0 Å². The smallest absolute Gasteiger partial charge is 0.0209 e. The van der Waals surface area contributed by atoms with E-state index in [9.17, 15) is 0 Å². The van der Waals surface area contributed by atoms with Crippen molar-refractivity contribution < 1.29 is 0 Å². The molecule has 1 aromatic heterocycles. The summed E-state index contributed by atoms with van der Waals surface area (Å²) in [5, 5.41) is 2.24. The van der Waals surface area contributed by atoms with Crippen LogP contribution in [0.15, 0.2) is 10.3 Å². The van der Waals surface area contributed by atoms with Gasteiger partial charge in [0.1, 0.15) is 0 Å². The molecule has 16 heavy (non-hydrogen) atoms. The summed E-state index contributed by atoms with van der Waals surface area (Å²) in [7, 11) is 0. The first-order chi connectivity index (χ1) is 7.68. The fourth-order valence-corrected chi connectivity index (χ4v) is 4.27. The number of thiol groups is 1. The summed E-state index contributed by atoms with van der Waals surface area (Å²) in [6.45, 7) is 4.59. The maximum Gasteiger partial charge on any atom is 0.0209 e. The third-order valence-electron chi connectivity index (χ3n) is 3.98. The van der Waals surface area contributed by atoms with Crippen LogP contribution in [0, 0.1) is 18.8 Å². The van der Waals surface area contributed by atoms with Gasteiger partial charge < -0.3 is 0 Å². The van der Waals surface area contributed by atoms with Gasteiger partial charge in [-0.25, -0.2) is 0 Å². The molecule has 1 aliphatic carbocycles. The van der Waals surface area contributed by atoms with Crippen molar-refractivity contribution in [2.24, 2.45) is 11.8 Å². The van der Waals surface area contributed by atoms with E-state index in [1.807, 2.05) is 11.3 Å². The Morgan fingerprint density at radius 1 is 1.38 bits per heavy atom. The molecule has 1 aliphatic rings. The van der Waals surface area contributed by atoms with Gasteiger partial charge in [-0.05, 0) is 36.1 Å². The van der Waals surface area contributed by atoms with Gasteiger partial charge in [-0.15, -0.1) is 24.0 Å². The molecule has 0 spiro atoms. The SMILES string of the molecule is Cc1csc(CC(C)C2CCCCC2)c1S. The highest BCUT2D eigenvalue weighted by atomic mass is 32.1. The van der Waals surface area contributed by atoms with Crippen LogP contribution in [0.3, 0.4) is 0 Å². The van der Waals surface area contributed by atoms with E-state index >= 15 is 0 Å². The second-order valence-electron chi connectivity index (χ2n) is 5.27. The topological polar surface area (TPSA) is 0 Å². The summed E-state index contributed by atoms with van der Waals surface area (Å²) in [5.74, 6) is 1.80. The highest BCUT2D eigenvalue weighted by molar-refractivity contribution is 7.80. The van der Waals surface area contributed by atoms with Crippen molar-refractivity contribution >= 4 is 24.0 Å². The zero-order valence-corrected chi connectivity index (χ0v) is 12.0. The van der Waals surface area contributed by atoms with E-state index in [2.05, 4.69) is 31.9 Å². The standard InChI is InChI=1S/C14H22S2/c1-10(12-6-4-3-5-7-12)8-13-14(15)11(2)9-16-13/h9-10,12,15H,3-8H2,1-2H3. The van der Waals surface area contributed by atoms with E-state index in [0.29, 0.717) is 0 Å². The lowest BCUT2D eigenvalue weighted by molar-refractivity contribution is 0.262. The van der Waals surface area contributed by atoms with Crippen LogP contribution < -0.4 is 0 Å². The van der Waals surface area contributed by atoms with Gasteiger partial charge in [0.15, 0.2) is 0 Å². The number of thiophene rings is 1. The summed E-state index contributed by atoms with van der Waals surface area (Å²) >= 11 is 6.50. The van der Waals surface area contributed by atoms with Gasteiger partial charge in [0.25, 0.3) is 0 Å². The maximum absolute atomic E-state index is 4.61. The van der Waals surface area contributed by atoms with Crippen molar-refractivity contribution in [3.63, 3.8) is 0 Å². The molecule has 1 unspecified atom stereocenters. The minimum Gasteiger partial charge on any atom is -0.147 e. The zero-order valence-electron chi connectivity index (χ0n) is 10.3. The molecule has 1 fully saturated rings. The normalized spacial score (nSPS) is 19.9.